The maximum atomic E-state index is 13.4. The van der Waals surface area contributed by atoms with Gasteiger partial charge in [-0.3, -0.25) is 4.68 Å². The maximum Gasteiger partial charge on any atom is 0.240 e. The molecule has 21 heavy (non-hydrogen) atoms. The van der Waals surface area contributed by atoms with Crippen molar-refractivity contribution in [2.45, 2.75) is 11.4 Å². The highest BCUT2D eigenvalue weighted by atomic mass is 32.2. The van der Waals surface area contributed by atoms with Crippen LogP contribution in [0, 0.1) is 5.82 Å². The van der Waals surface area contributed by atoms with E-state index in [1.807, 2.05) is 0 Å². The van der Waals surface area contributed by atoms with E-state index in [2.05, 4.69) is 10.3 Å². The highest BCUT2D eigenvalue weighted by molar-refractivity contribution is 7.89. The number of nitrogens with two attached hydrogens (primary N) is 1. The van der Waals surface area contributed by atoms with Crippen LogP contribution < -0.4 is 5.14 Å². The first kappa shape index (κ1) is 13.7. The largest absolute Gasteiger partial charge is 0.340 e. The average molecular weight is 309 g/mol. The van der Waals surface area contributed by atoms with Gasteiger partial charge in [0.25, 0.3) is 0 Å². The Balaban J connectivity index is 2.19. The zero-order chi connectivity index (χ0) is 15.2. The molecule has 0 spiro atoms. The summed E-state index contributed by atoms with van der Waals surface area (Å²) in [7, 11) is -2.21. The number of aromatic nitrogens is 4. The van der Waals surface area contributed by atoms with Gasteiger partial charge in [0.15, 0.2) is 0 Å². The SMILES string of the molecule is Cn1cc(Cn2cc(S(N)(=O)=O)c3cc(F)ccc32)nn1. The van der Waals surface area contributed by atoms with E-state index >= 15 is 0 Å². The number of rotatable bonds is 3. The van der Waals surface area contributed by atoms with Crippen LogP contribution in [0.4, 0.5) is 4.39 Å². The number of nitrogens with zero attached hydrogens (tertiary/aromatic N) is 4. The van der Waals surface area contributed by atoms with Crippen LogP contribution in [0.5, 0.6) is 0 Å². The first-order valence-electron chi connectivity index (χ1n) is 6.01. The molecule has 0 amide bonds. The van der Waals surface area contributed by atoms with Crippen LogP contribution >= 0.6 is 0 Å². The van der Waals surface area contributed by atoms with Crippen LogP contribution in [0.1, 0.15) is 5.69 Å². The smallest absolute Gasteiger partial charge is 0.240 e. The van der Waals surface area contributed by atoms with E-state index in [1.165, 1.54) is 18.3 Å². The van der Waals surface area contributed by atoms with Crippen molar-refractivity contribution in [3.63, 3.8) is 0 Å². The van der Waals surface area contributed by atoms with E-state index in [4.69, 9.17) is 5.14 Å². The Morgan fingerprint density at radius 2 is 2.10 bits per heavy atom. The molecule has 0 aliphatic heterocycles. The number of hydrogen-bond acceptors (Lipinski definition) is 4. The van der Waals surface area contributed by atoms with Crippen LogP contribution in [0.15, 0.2) is 35.5 Å². The number of fused-ring (bicyclic) bond motifs is 1. The van der Waals surface area contributed by atoms with Gasteiger partial charge in [0, 0.05) is 30.3 Å². The van der Waals surface area contributed by atoms with E-state index in [0.29, 0.717) is 17.8 Å². The number of sulfonamides is 1. The Kier molecular flexibility index (Phi) is 3.03. The third-order valence-corrected chi connectivity index (χ3v) is 4.03. The van der Waals surface area contributed by atoms with Crippen molar-refractivity contribution in [3.05, 3.63) is 42.1 Å². The minimum atomic E-state index is -3.94. The first-order valence-corrected chi connectivity index (χ1v) is 7.55. The fourth-order valence-corrected chi connectivity index (χ4v) is 2.98. The summed E-state index contributed by atoms with van der Waals surface area (Å²) in [6.45, 7) is 0.311. The maximum absolute atomic E-state index is 13.4. The Morgan fingerprint density at radius 1 is 1.33 bits per heavy atom. The van der Waals surface area contributed by atoms with Crippen LogP contribution in [0.2, 0.25) is 0 Å². The molecule has 0 unspecified atom stereocenters. The van der Waals surface area contributed by atoms with Gasteiger partial charge in [-0.1, -0.05) is 5.21 Å². The molecule has 2 aromatic heterocycles. The molecule has 1 aromatic carbocycles. The van der Waals surface area contributed by atoms with Gasteiger partial charge in [-0.15, -0.1) is 5.10 Å². The molecule has 0 aliphatic carbocycles. The van der Waals surface area contributed by atoms with Crippen LogP contribution in [0.25, 0.3) is 10.9 Å². The standard InChI is InChI=1S/C12H12FN5O2S/c1-17-5-9(15-16-17)6-18-7-12(21(14,19)20)10-4-8(13)2-3-11(10)18/h2-5,7H,6H2,1H3,(H2,14,19,20). The van der Waals surface area contributed by atoms with Crippen molar-refractivity contribution in [1.82, 2.24) is 19.6 Å². The van der Waals surface area contributed by atoms with Crippen LogP contribution in [0.3, 0.4) is 0 Å². The number of benzene rings is 1. The minimum Gasteiger partial charge on any atom is -0.340 e. The summed E-state index contributed by atoms with van der Waals surface area (Å²) in [4.78, 5) is -0.110. The second kappa shape index (κ2) is 4.64. The van der Waals surface area contributed by atoms with Crippen molar-refractivity contribution < 1.29 is 12.8 Å². The Morgan fingerprint density at radius 3 is 2.71 bits per heavy atom. The molecule has 0 bridgehead atoms. The fraction of sp³-hybridized carbons (Fsp3) is 0.167. The predicted octanol–water partition coefficient (Wildman–Crippen LogP) is 0.605. The zero-order valence-corrected chi connectivity index (χ0v) is 11.9. The molecule has 3 aromatic rings. The normalized spacial score (nSPS) is 12.1. The summed E-state index contributed by atoms with van der Waals surface area (Å²) in [6, 6.07) is 3.93. The van der Waals surface area contributed by atoms with Crippen molar-refractivity contribution in [2.24, 2.45) is 12.2 Å². The summed E-state index contributed by atoms with van der Waals surface area (Å²) in [5, 5.41) is 13.2. The molecule has 0 saturated heterocycles. The Hall–Kier alpha value is -2.26. The lowest BCUT2D eigenvalue weighted by atomic mass is 10.2. The summed E-state index contributed by atoms with van der Waals surface area (Å²) < 4.78 is 39.8. The molecule has 0 fully saturated rings. The number of primary sulfonamides is 1. The monoisotopic (exact) mass is 309 g/mol. The molecule has 0 atom stereocenters. The van der Waals surface area contributed by atoms with Crippen molar-refractivity contribution in [1.29, 1.82) is 0 Å². The van der Waals surface area contributed by atoms with Crippen molar-refractivity contribution >= 4 is 20.9 Å². The van der Waals surface area contributed by atoms with Gasteiger partial charge in [-0.05, 0) is 18.2 Å². The molecule has 110 valence electrons. The average Bonchev–Trinajstić information content (AvgIpc) is 2.93. The topological polar surface area (TPSA) is 95.8 Å². The lowest BCUT2D eigenvalue weighted by Crippen LogP contribution is -2.11. The Bertz CT molecular complexity index is 928. The molecule has 2 heterocycles. The zero-order valence-electron chi connectivity index (χ0n) is 11.1. The van der Waals surface area contributed by atoms with E-state index in [9.17, 15) is 12.8 Å². The van der Waals surface area contributed by atoms with E-state index in [-0.39, 0.29) is 10.3 Å². The molecular formula is C12H12FN5O2S. The first-order chi connectivity index (χ1) is 9.84. The number of hydrogen-bond donors (Lipinski definition) is 1. The van der Waals surface area contributed by atoms with E-state index in [1.54, 1.807) is 22.5 Å². The van der Waals surface area contributed by atoms with Gasteiger partial charge in [0.05, 0.1) is 6.54 Å². The number of halogens is 1. The van der Waals surface area contributed by atoms with Gasteiger partial charge in [0.2, 0.25) is 10.0 Å². The summed E-state index contributed by atoms with van der Waals surface area (Å²) >= 11 is 0. The molecule has 0 radical (unpaired) electrons. The third kappa shape index (κ3) is 2.52. The number of aryl methyl sites for hydroxylation is 1. The lowest BCUT2D eigenvalue weighted by Gasteiger charge is -2.01. The van der Waals surface area contributed by atoms with Gasteiger partial charge in [-0.2, -0.15) is 0 Å². The van der Waals surface area contributed by atoms with E-state index in [0.717, 1.165) is 6.07 Å². The molecule has 3 rings (SSSR count). The molecule has 7 nitrogen and oxygen atoms in total. The van der Waals surface area contributed by atoms with Gasteiger partial charge in [-0.25, -0.2) is 17.9 Å². The highest BCUT2D eigenvalue weighted by Gasteiger charge is 2.18. The third-order valence-electron chi connectivity index (χ3n) is 3.10. The molecule has 0 aliphatic rings. The highest BCUT2D eigenvalue weighted by Crippen LogP contribution is 2.26. The van der Waals surface area contributed by atoms with Crippen LogP contribution in [-0.2, 0) is 23.6 Å². The Labute approximate surface area is 119 Å². The summed E-state index contributed by atoms with van der Waals surface area (Å²) in [5.41, 5.74) is 1.21. The van der Waals surface area contributed by atoms with E-state index < -0.39 is 15.8 Å². The molecule has 0 saturated carbocycles. The second-order valence-corrected chi connectivity index (χ2v) is 6.24. The predicted molar refractivity (Wildman–Crippen MR) is 73.4 cm³/mol. The summed E-state index contributed by atoms with van der Waals surface area (Å²) in [6.07, 6.45) is 3.10. The van der Waals surface area contributed by atoms with Crippen LogP contribution in [-0.4, -0.2) is 28.0 Å². The second-order valence-electron chi connectivity index (χ2n) is 4.71. The molecular weight excluding hydrogens is 297 g/mol. The van der Waals surface area contributed by atoms with Gasteiger partial charge < -0.3 is 4.57 Å². The lowest BCUT2D eigenvalue weighted by molar-refractivity contribution is 0.598. The van der Waals surface area contributed by atoms with Crippen molar-refractivity contribution in [2.75, 3.05) is 0 Å². The van der Waals surface area contributed by atoms with Gasteiger partial charge in [0.1, 0.15) is 16.4 Å². The summed E-state index contributed by atoms with van der Waals surface area (Å²) in [5.74, 6) is -0.523. The van der Waals surface area contributed by atoms with Crippen molar-refractivity contribution in [3.8, 4) is 0 Å². The quantitative estimate of drug-likeness (QED) is 0.766. The fourth-order valence-electron chi connectivity index (χ4n) is 2.24. The molecule has 9 heteroatoms. The molecule has 2 N–H and O–H groups in total. The van der Waals surface area contributed by atoms with Gasteiger partial charge >= 0.3 is 0 Å². The minimum absolute atomic E-state index is 0.110.